The highest BCUT2D eigenvalue weighted by molar-refractivity contribution is 6.04. The summed E-state index contributed by atoms with van der Waals surface area (Å²) in [6.45, 7) is 6.19. The number of nitrogens with one attached hydrogen (secondary N) is 1. The molecule has 5 nitrogen and oxygen atoms in total. The average molecular weight is 346 g/mol. The van der Waals surface area contributed by atoms with Crippen LogP contribution in [0.1, 0.15) is 28.5 Å². The zero-order valence-corrected chi connectivity index (χ0v) is 15.1. The monoisotopic (exact) mass is 346 g/mol. The Hall–Kier alpha value is -3.08. The van der Waals surface area contributed by atoms with Gasteiger partial charge in [-0.15, -0.1) is 0 Å². The smallest absolute Gasteiger partial charge is 0.255 e. The van der Waals surface area contributed by atoms with E-state index in [1.54, 1.807) is 6.20 Å². The summed E-state index contributed by atoms with van der Waals surface area (Å²) in [4.78, 5) is 14.9. The quantitative estimate of drug-likeness (QED) is 0.781. The highest BCUT2D eigenvalue weighted by Crippen LogP contribution is 2.30. The van der Waals surface area contributed by atoms with E-state index in [1.165, 1.54) is 11.3 Å². The van der Waals surface area contributed by atoms with E-state index in [1.807, 2.05) is 48.0 Å². The molecule has 2 aromatic carbocycles. The fraction of sp³-hybridized carbons (Fsp3) is 0.238. The summed E-state index contributed by atoms with van der Waals surface area (Å²) in [7, 11) is 0. The van der Waals surface area contributed by atoms with E-state index >= 15 is 0 Å². The van der Waals surface area contributed by atoms with Crippen molar-refractivity contribution in [3.8, 4) is 5.69 Å². The van der Waals surface area contributed by atoms with Crippen LogP contribution in [0, 0.1) is 6.92 Å². The van der Waals surface area contributed by atoms with Crippen molar-refractivity contribution < 1.29 is 4.79 Å². The Morgan fingerprint density at radius 1 is 1.15 bits per heavy atom. The van der Waals surface area contributed by atoms with Crippen LogP contribution < -0.4 is 10.2 Å². The molecule has 0 saturated heterocycles. The summed E-state index contributed by atoms with van der Waals surface area (Å²) in [6, 6.07) is 15.6. The van der Waals surface area contributed by atoms with Crippen LogP contribution in [0.25, 0.3) is 5.69 Å². The zero-order valence-electron chi connectivity index (χ0n) is 15.1. The van der Waals surface area contributed by atoms with Gasteiger partial charge in [0.25, 0.3) is 5.91 Å². The minimum absolute atomic E-state index is 0.102. The Bertz CT molecular complexity index is 943. The molecule has 0 atom stereocenters. The topological polar surface area (TPSA) is 50.2 Å². The first kappa shape index (κ1) is 16.4. The third-order valence-corrected chi connectivity index (χ3v) is 4.92. The second-order valence-corrected chi connectivity index (χ2v) is 6.56. The lowest BCUT2D eigenvalue weighted by Crippen LogP contribution is -2.19. The first-order chi connectivity index (χ1) is 12.7. The summed E-state index contributed by atoms with van der Waals surface area (Å²) < 4.78 is 1.85. The number of carbonyl (C=O) groups is 1. The van der Waals surface area contributed by atoms with Gasteiger partial charge in [0.2, 0.25) is 0 Å². The Morgan fingerprint density at radius 3 is 2.65 bits per heavy atom. The molecule has 0 radical (unpaired) electrons. The van der Waals surface area contributed by atoms with Crippen molar-refractivity contribution in [1.82, 2.24) is 9.78 Å². The maximum Gasteiger partial charge on any atom is 0.255 e. The van der Waals surface area contributed by atoms with Crippen LogP contribution in [0.2, 0.25) is 0 Å². The highest BCUT2D eigenvalue weighted by atomic mass is 16.1. The lowest BCUT2D eigenvalue weighted by atomic mass is 10.1. The fourth-order valence-electron chi connectivity index (χ4n) is 3.45. The third kappa shape index (κ3) is 2.96. The van der Waals surface area contributed by atoms with E-state index in [4.69, 9.17) is 0 Å². The standard InChI is InChI=1S/C21H22N4O/c1-3-24-13-11-16-4-7-18(14-20(16)24)23-21(26)17-5-8-19(9-6-17)25-15(2)10-12-22-25/h4-10,12,14H,3,11,13H2,1-2H3,(H,23,26). The number of carbonyl (C=O) groups excluding carboxylic acids is 1. The zero-order chi connectivity index (χ0) is 18.1. The van der Waals surface area contributed by atoms with Crippen molar-refractivity contribution in [2.45, 2.75) is 20.3 Å². The first-order valence-corrected chi connectivity index (χ1v) is 8.96. The second-order valence-electron chi connectivity index (χ2n) is 6.56. The van der Waals surface area contributed by atoms with Crippen molar-refractivity contribution >= 4 is 17.3 Å². The largest absolute Gasteiger partial charge is 0.371 e. The Kier molecular flexibility index (Phi) is 4.21. The summed E-state index contributed by atoms with van der Waals surface area (Å²) in [5, 5.41) is 7.30. The molecule has 0 saturated carbocycles. The Balaban J connectivity index is 1.51. The number of rotatable bonds is 4. The van der Waals surface area contributed by atoms with Gasteiger partial charge in [-0.2, -0.15) is 5.10 Å². The number of benzene rings is 2. The van der Waals surface area contributed by atoms with E-state index in [0.717, 1.165) is 36.6 Å². The Labute approximate surface area is 153 Å². The molecule has 1 aromatic heterocycles. The molecule has 0 bridgehead atoms. The molecule has 132 valence electrons. The normalized spacial score (nSPS) is 12.9. The summed E-state index contributed by atoms with van der Waals surface area (Å²) in [5.41, 5.74) is 6.05. The summed E-state index contributed by atoms with van der Waals surface area (Å²) in [6.07, 6.45) is 2.84. The van der Waals surface area contributed by atoms with Crippen molar-refractivity contribution in [2.24, 2.45) is 0 Å². The van der Waals surface area contributed by atoms with Gasteiger partial charge in [0.1, 0.15) is 0 Å². The molecular formula is C21H22N4O. The molecule has 1 aliphatic heterocycles. The summed E-state index contributed by atoms with van der Waals surface area (Å²) >= 11 is 0. The molecule has 0 aliphatic carbocycles. The molecule has 1 N–H and O–H groups in total. The minimum atomic E-state index is -0.102. The van der Waals surface area contributed by atoms with Gasteiger partial charge in [0, 0.05) is 41.9 Å². The van der Waals surface area contributed by atoms with Crippen molar-refractivity contribution in [3.05, 3.63) is 71.5 Å². The van der Waals surface area contributed by atoms with Crippen LogP contribution in [0.3, 0.4) is 0 Å². The molecule has 1 aliphatic rings. The van der Waals surface area contributed by atoms with Gasteiger partial charge < -0.3 is 10.2 Å². The van der Waals surface area contributed by atoms with Crippen LogP contribution in [0.15, 0.2) is 54.7 Å². The molecule has 5 heteroatoms. The molecule has 4 rings (SSSR count). The van der Waals surface area contributed by atoms with Crippen molar-refractivity contribution in [1.29, 1.82) is 0 Å². The number of fused-ring (bicyclic) bond motifs is 1. The number of hydrogen-bond donors (Lipinski definition) is 1. The molecular weight excluding hydrogens is 324 g/mol. The highest BCUT2D eigenvalue weighted by Gasteiger charge is 2.18. The number of aromatic nitrogens is 2. The number of amides is 1. The van der Waals surface area contributed by atoms with Gasteiger partial charge in [0.15, 0.2) is 0 Å². The third-order valence-electron chi connectivity index (χ3n) is 4.92. The minimum Gasteiger partial charge on any atom is -0.371 e. The van der Waals surface area contributed by atoms with Crippen LogP contribution in [-0.2, 0) is 6.42 Å². The maximum absolute atomic E-state index is 12.6. The van der Waals surface area contributed by atoms with E-state index in [-0.39, 0.29) is 5.91 Å². The Morgan fingerprint density at radius 2 is 1.96 bits per heavy atom. The number of nitrogens with zero attached hydrogens (tertiary/aromatic N) is 3. The van der Waals surface area contributed by atoms with Gasteiger partial charge in [-0.3, -0.25) is 4.79 Å². The maximum atomic E-state index is 12.6. The lowest BCUT2D eigenvalue weighted by molar-refractivity contribution is 0.102. The molecule has 3 aromatic rings. The van der Waals surface area contributed by atoms with Crippen LogP contribution in [0.5, 0.6) is 0 Å². The van der Waals surface area contributed by atoms with Gasteiger partial charge in [0.05, 0.1) is 5.69 Å². The number of hydrogen-bond acceptors (Lipinski definition) is 3. The predicted molar refractivity (Wildman–Crippen MR) is 104 cm³/mol. The van der Waals surface area contributed by atoms with Gasteiger partial charge >= 0.3 is 0 Å². The van der Waals surface area contributed by atoms with E-state index < -0.39 is 0 Å². The van der Waals surface area contributed by atoms with E-state index in [2.05, 4.69) is 34.4 Å². The van der Waals surface area contributed by atoms with Crippen molar-refractivity contribution in [2.75, 3.05) is 23.3 Å². The summed E-state index contributed by atoms with van der Waals surface area (Å²) in [5.74, 6) is -0.102. The van der Waals surface area contributed by atoms with Gasteiger partial charge in [-0.1, -0.05) is 6.07 Å². The molecule has 0 spiro atoms. The molecule has 0 fully saturated rings. The number of likely N-dealkylation sites (N-methyl/N-ethyl adjacent to an activating group) is 1. The molecule has 1 amide bonds. The molecule has 2 heterocycles. The fourth-order valence-corrected chi connectivity index (χ4v) is 3.45. The second kappa shape index (κ2) is 6.67. The van der Waals surface area contributed by atoms with Crippen molar-refractivity contribution in [3.63, 3.8) is 0 Å². The number of anilines is 2. The SMILES string of the molecule is CCN1CCc2ccc(NC(=O)c3ccc(-n4nccc4C)cc3)cc21. The molecule has 26 heavy (non-hydrogen) atoms. The van der Waals surface area contributed by atoms with Gasteiger partial charge in [-0.25, -0.2) is 4.68 Å². The van der Waals surface area contributed by atoms with Crippen LogP contribution in [-0.4, -0.2) is 28.8 Å². The van der Waals surface area contributed by atoms with E-state index in [9.17, 15) is 4.79 Å². The van der Waals surface area contributed by atoms with Crippen LogP contribution in [0.4, 0.5) is 11.4 Å². The van der Waals surface area contributed by atoms with Gasteiger partial charge in [-0.05, 0) is 68.3 Å². The molecule has 0 unspecified atom stereocenters. The lowest BCUT2D eigenvalue weighted by Gasteiger charge is -2.17. The predicted octanol–water partition coefficient (Wildman–Crippen LogP) is 3.82. The van der Waals surface area contributed by atoms with Crippen LogP contribution >= 0.6 is 0 Å². The first-order valence-electron chi connectivity index (χ1n) is 8.96. The van der Waals surface area contributed by atoms with E-state index in [0.29, 0.717) is 5.56 Å². The number of aryl methyl sites for hydroxylation is 1. The average Bonchev–Trinajstić information content (AvgIpc) is 3.27.